The number of aromatic amines is 1. The lowest BCUT2D eigenvalue weighted by molar-refractivity contribution is 0.0706. The predicted octanol–water partition coefficient (Wildman–Crippen LogP) is 3.19. The van der Waals surface area contributed by atoms with Gasteiger partial charge in [-0.25, -0.2) is 4.98 Å². The minimum absolute atomic E-state index is 0.365. The van der Waals surface area contributed by atoms with Gasteiger partial charge in [-0.05, 0) is 29.1 Å². The number of hydrogen-bond acceptors (Lipinski definition) is 6. The SMILES string of the molecule is O=C(N[C@@H](CO)[C@@H](O)c1ccccc1)c1sccc1Nc1ccnc2[nH]ccc12. The third-order valence-corrected chi connectivity index (χ3v) is 5.55. The van der Waals surface area contributed by atoms with Crippen LogP contribution in [0, 0.1) is 0 Å². The summed E-state index contributed by atoms with van der Waals surface area (Å²) in [7, 11) is 0. The highest BCUT2D eigenvalue weighted by atomic mass is 32.1. The molecule has 1 amide bonds. The Morgan fingerprint density at radius 3 is 2.76 bits per heavy atom. The second-order valence-electron chi connectivity index (χ2n) is 6.50. The second-order valence-corrected chi connectivity index (χ2v) is 7.42. The van der Waals surface area contributed by atoms with Crippen molar-refractivity contribution in [3.05, 3.63) is 76.7 Å². The molecule has 4 aromatic rings. The number of H-pyrrole nitrogens is 1. The Kier molecular flexibility index (Phi) is 5.57. The Morgan fingerprint density at radius 1 is 1.14 bits per heavy atom. The Hall–Kier alpha value is -3.20. The van der Waals surface area contributed by atoms with Gasteiger partial charge < -0.3 is 25.8 Å². The standard InChI is InChI=1S/C21H20N4O3S/c26-12-17(18(27)13-4-2-1-3-5-13)25-21(28)19-16(8-11-29-19)24-15-7-10-23-20-14(15)6-9-22-20/h1-11,17-18,26-27H,12H2,(H,25,28)(H2,22,23,24)/t17-,18-/m0/s1. The first-order valence-electron chi connectivity index (χ1n) is 9.08. The average molecular weight is 408 g/mol. The van der Waals surface area contributed by atoms with Crippen molar-refractivity contribution in [1.29, 1.82) is 0 Å². The zero-order valence-electron chi connectivity index (χ0n) is 15.4. The van der Waals surface area contributed by atoms with Gasteiger partial charge in [0.15, 0.2) is 0 Å². The third kappa shape index (κ3) is 4.00. The zero-order chi connectivity index (χ0) is 20.2. The van der Waals surface area contributed by atoms with Crippen LogP contribution < -0.4 is 10.6 Å². The van der Waals surface area contributed by atoms with Gasteiger partial charge in [0.25, 0.3) is 5.91 Å². The van der Waals surface area contributed by atoms with Crippen molar-refractivity contribution in [2.75, 3.05) is 11.9 Å². The number of aliphatic hydroxyl groups is 2. The van der Waals surface area contributed by atoms with E-state index in [0.717, 1.165) is 16.7 Å². The molecule has 148 valence electrons. The number of benzene rings is 1. The highest BCUT2D eigenvalue weighted by Gasteiger charge is 2.24. The topological polar surface area (TPSA) is 110 Å². The van der Waals surface area contributed by atoms with Crippen LogP contribution in [0.3, 0.4) is 0 Å². The molecule has 1 aromatic carbocycles. The number of nitrogens with zero attached hydrogens (tertiary/aromatic N) is 1. The molecule has 5 N–H and O–H groups in total. The summed E-state index contributed by atoms with van der Waals surface area (Å²) in [5.41, 5.74) is 2.85. The highest BCUT2D eigenvalue weighted by Crippen LogP contribution is 2.29. The molecule has 3 heterocycles. The van der Waals surface area contributed by atoms with Gasteiger partial charge in [0.05, 0.1) is 24.0 Å². The minimum Gasteiger partial charge on any atom is -0.394 e. The number of amides is 1. The quantitative estimate of drug-likeness (QED) is 0.323. The van der Waals surface area contributed by atoms with Gasteiger partial charge in [-0.15, -0.1) is 11.3 Å². The molecule has 0 unspecified atom stereocenters. The summed E-state index contributed by atoms with van der Waals surface area (Å²) in [5.74, 6) is -0.365. The molecule has 0 bridgehead atoms. The zero-order valence-corrected chi connectivity index (χ0v) is 16.2. The summed E-state index contributed by atoms with van der Waals surface area (Å²) in [6.07, 6.45) is 2.48. The molecule has 0 aliphatic carbocycles. The van der Waals surface area contributed by atoms with Crippen molar-refractivity contribution in [1.82, 2.24) is 15.3 Å². The van der Waals surface area contributed by atoms with Crippen LogP contribution in [0.1, 0.15) is 21.3 Å². The molecule has 0 fully saturated rings. The van der Waals surface area contributed by atoms with Gasteiger partial charge in [-0.1, -0.05) is 30.3 Å². The van der Waals surface area contributed by atoms with Gasteiger partial charge in [0.2, 0.25) is 0 Å². The van der Waals surface area contributed by atoms with Crippen LogP contribution in [0.5, 0.6) is 0 Å². The molecule has 0 spiro atoms. The van der Waals surface area contributed by atoms with Crippen LogP contribution in [0.2, 0.25) is 0 Å². The highest BCUT2D eigenvalue weighted by molar-refractivity contribution is 7.12. The van der Waals surface area contributed by atoms with Crippen molar-refractivity contribution >= 4 is 39.7 Å². The molecule has 0 radical (unpaired) electrons. The summed E-state index contributed by atoms with van der Waals surface area (Å²) >= 11 is 1.28. The number of hydrogen-bond donors (Lipinski definition) is 5. The molecule has 29 heavy (non-hydrogen) atoms. The Morgan fingerprint density at radius 2 is 1.97 bits per heavy atom. The first kappa shape index (κ1) is 19.1. The minimum atomic E-state index is -1.01. The molecule has 0 saturated carbocycles. The monoisotopic (exact) mass is 408 g/mol. The van der Waals surface area contributed by atoms with Crippen LogP contribution in [-0.2, 0) is 0 Å². The van der Waals surface area contributed by atoms with Crippen LogP contribution >= 0.6 is 11.3 Å². The summed E-state index contributed by atoms with van der Waals surface area (Å²) in [5, 5.41) is 29.0. The summed E-state index contributed by atoms with van der Waals surface area (Å²) < 4.78 is 0. The van der Waals surface area contributed by atoms with E-state index < -0.39 is 12.1 Å². The van der Waals surface area contributed by atoms with E-state index in [-0.39, 0.29) is 12.5 Å². The third-order valence-electron chi connectivity index (χ3n) is 4.64. The van der Waals surface area contributed by atoms with Gasteiger partial charge in [0, 0.05) is 17.8 Å². The molecule has 4 rings (SSSR count). The van der Waals surface area contributed by atoms with E-state index in [9.17, 15) is 15.0 Å². The Labute approximate surface area is 171 Å². The number of anilines is 2. The number of thiophene rings is 1. The number of carbonyl (C=O) groups excluding carboxylic acids is 1. The van der Waals surface area contributed by atoms with Gasteiger partial charge in [0.1, 0.15) is 16.6 Å². The number of aromatic nitrogens is 2. The lowest BCUT2D eigenvalue weighted by atomic mass is 10.0. The van der Waals surface area contributed by atoms with E-state index in [1.807, 2.05) is 29.6 Å². The summed E-state index contributed by atoms with van der Waals surface area (Å²) in [4.78, 5) is 20.6. The smallest absolute Gasteiger partial charge is 0.263 e. The molecule has 2 atom stereocenters. The second kappa shape index (κ2) is 8.44. The number of rotatable bonds is 7. The number of aliphatic hydroxyl groups excluding tert-OH is 2. The van der Waals surface area contributed by atoms with E-state index in [1.54, 1.807) is 36.7 Å². The molecule has 8 heteroatoms. The number of fused-ring (bicyclic) bond motifs is 1. The fraction of sp³-hybridized carbons (Fsp3) is 0.143. The molecular formula is C21H20N4O3S. The molecule has 0 saturated heterocycles. The Bertz CT molecular complexity index is 1110. The summed E-state index contributed by atoms with van der Waals surface area (Å²) in [6, 6.07) is 13.7. The van der Waals surface area contributed by atoms with Crippen LogP contribution in [0.4, 0.5) is 11.4 Å². The fourth-order valence-electron chi connectivity index (χ4n) is 3.14. The molecule has 0 aliphatic rings. The van der Waals surface area contributed by atoms with Gasteiger partial charge in [-0.2, -0.15) is 0 Å². The van der Waals surface area contributed by atoms with E-state index >= 15 is 0 Å². The largest absolute Gasteiger partial charge is 0.394 e. The van der Waals surface area contributed by atoms with Crippen molar-refractivity contribution in [3.63, 3.8) is 0 Å². The average Bonchev–Trinajstić information content (AvgIpc) is 3.42. The Balaban J connectivity index is 1.53. The van der Waals surface area contributed by atoms with Crippen LogP contribution in [0.25, 0.3) is 11.0 Å². The maximum absolute atomic E-state index is 12.9. The maximum Gasteiger partial charge on any atom is 0.263 e. The maximum atomic E-state index is 12.9. The lowest BCUT2D eigenvalue weighted by Gasteiger charge is -2.22. The van der Waals surface area contributed by atoms with Crippen LogP contribution in [0.15, 0.2) is 66.3 Å². The fourth-order valence-corrected chi connectivity index (χ4v) is 3.89. The van der Waals surface area contributed by atoms with Gasteiger partial charge >= 0.3 is 0 Å². The number of pyridine rings is 1. The van der Waals surface area contributed by atoms with E-state index in [4.69, 9.17) is 0 Å². The van der Waals surface area contributed by atoms with Gasteiger partial charge in [-0.3, -0.25) is 4.79 Å². The van der Waals surface area contributed by atoms with Crippen molar-refractivity contribution in [3.8, 4) is 0 Å². The molecule has 3 aromatic heterocycles. The molecule has 0 aliphatic heterocycles. The number of nitrogens with one attached hydrogen (secondary N) is 3. The normalized spacial score (nSPS) is 13.2. The first-order chi connectivity index (χ1) is 14.2. The van der Waals surface area contributed by atoms with Crippen molar-refractivity contribution in [2.45, 2.75) is 12.1 Å². The van der Waals surface area contributed by atoms with E-state index in [0.29, 0.717) is 16.1 Å². The predicted molar refractivity (Wildman–Crippen MR) is 113 cm³/mol. The summed E-state index contributed by atoms with van der Waals surface area (Å²) in [6.45, 7) is -0.385. The van der Waals surface area contributed by atoms with Crippen LogP contribution in [-0.4, -0.2) is 38.7 Å². The number of carbonyl (C=O) groups is 1. The van der Waals surface area contributed by atoms with E-state index in [1.165, 1.54) is 11.3 Å². The molecule has 7 nitrogen and oxygen atoms in total. The van der Waals surface area contributed by atoms with Crippen molar-refractivity contribution < 1.29 is 15.0 Å². The van der Waals surface area contributed by atoms with E-state index in [2.05, 4.69) is 20.6 Å². The molecular weight excluding hydrogens is 388 g/mol. The first-order valence-corrected chi connectivity index (χ1v) is 9.96. The van der Waals surface area contributed by atoms with Crippen molar-refractivity contribution in [2.24, 2.45) is 0 Å². The lowest BCUT2D eigenvalue weighted by Crippen LogP contribution is -2.41.